The highest BCUT2D eigenvalue weighted by atomic mass is 35.5. The molecule has 0 amide bonds. The largest absolute Gasteiger partial charge is 0.293 e. The van der Waals surface area contributed by atoms with Crippen molar-refractivity contribution in [3.63, 3.8) is 0 Å². The minimum Gasteiger partial charge on any atom is -0.293 e. The number of carbonyl (C=O) groups is 1. The molecule has 0 N–H and O–H groups in total. The lowest BCUT2D eigenvalue weighted by Crippen LogP contribution is -2.06. The number of nitrogens with zero attached hydrogens (tertiary/aromatic N) is 2. The number of rotatable bonds is 5. The van der Waals surface area contributed by atoms with E-state index in [9.17, 15) is 9.18 Å². The minimum atomic E-state index is -0.463. The maximum Gasteiger partial charge on any atom is 0.180 e. The second-order valence-corrected chi connectivity index (χ2v) is 5.32. The molecule has 0 aliphatic rings. The van der Waals surface area contributed by atoms with Crippen LogP contribution in [-0.4, -0.2) is 15.4 Å². The van der Waals surface area contributed by atoms with Gasteiger partial charge in [0.25, 0.3) is 0 Å². The number of ketones is 1. The van der Waals surface area contributed by atoms with E-state index in [-0.39, 0.29) is 12.2 Å². The molecule has 0 spiro atoms. The Morgan fingerprint density at radius 2 is 2.26 bits per heavy atom. The highest BCUT2D eigenvalue weighted by Gasteiger charge is 2.17. The highest BCUT2D eigenvalue weighted by Crippen LogP contribution is 2.19. The van der Waals surface area contributed by atoms with E-state index in [0.29, 0.717) is 27.6 Å². The second kappa shape index (κ2) is 6.21. The van der Waals surface area contributed by atoms with Crippen molar-refractivity contribution in [2.75, 3.05) is 0 Å². The number of carbonyl (C=O) groups excluding carboxylic acids is 1. The van der Waals surface area contributed by atoms with Gasteiger partial charge in [0.2, 0.25) is 0 Å². The lowest BCUT2D eigenvalue weighted by molar-refractivity contribution is 0.0994. The number of benzene rings is 1. The first-order valence-electron chi connectivity index (χ1n) is 5.90. The van der Waals surface area contributed by atoms with Crippen LogP contribution in [0.5, 0.6) is 0 Å². The van der Waals surface area contributed by atoms with Crippen LogP contribution in [0.15, 0.2) is 18.2 Å². The lowest BCUT2D eigenvalue weighted by Gasteiger charge is -2.03. The van der Waals surface area contributed by atoms with Gasteiger partial charge in [-0.1, -0.05) is 35.5 Å². The van der Waals surface area contributed by atoms with Gasteiger partial charge in [-0.3, -0.25) is 4.79 Å². The van der Waals surface area contributed by atoms with Crippen LogP contribution >= 0.6 is 23.1 Å². The Kier molecular flexibility index (Phi) is 4.61. The number of hydrogen-bond acceptors (Lipinski definition) is 4. The molecule has 2 rings (SSSR count). The number of hydrogen-bond donors (Lipinski definition) is 0. The summed E-state index contributed by atoms with van der Waals surface area (Å²) in [6, 6.07) is 4.32. The predicted molar refractivity (Wildman–Crippen MR) is 73.3 cm³/mol. The SMILES string of the molecule is CCCc1nnsc1C(=O)Cc1ccc(Cl)cc1F. The molecule has 0 saturated carbocycles. The van der Waals surface area contributed by atoms with Crippen molar-refractivity contribution < 1.29 is 9.18 Å². The highest BCUT2D eigenvalue weighted by molar-refractivity contribution is 7.08. The van der Waals surface area contributed by atoms with Crippen molar-refractivity contribution in [2.24, 2.45) is 0 Å². The van der Waals surface area contributed by atoms with Crippen molar-refractivity contribution in [1.82, 2.24) is 9.59 Å². The van der Waals surface area contributed by atoms with Crippen LogP contribution < -0.4 is 0 Å². The fraction of sp³-hybridized carbons (Fsp3) is 0.308. The number of aryl methyl sites for hydroxylation is 1. The summed E-state index contributed by atoms with van der Waals surface area (Å²) < 4.78 is 17.4. The van der Waals surface area contributed by atoms with Crippen molar-refractivity contribution in [2.45, 2.75) is 26.2 Å². The van der Waals surface area contributed by atoms with Gasteiger partial charge in [-0.2, -0.15) is 0 Å². The van der Waals surface area contributed by atoms with Gasteiger partial charge in [0.05, 0.1) is 5.69 Å². The summed E-state index contributed by atoms with van der Waals surface area (Å²) in [5.74, 6) is -0.616. The van der Waals surface area contributed by atoms with E-state index >= 15 is 0 Å². The Morgan fingerprint density at radius 1 is 1.47 bits per heavy atom. The molecule has 3 nitrogen and oxygen atoms in total. The normalized spacial score (nSPS) is 10.7. The molecule has 100 valence electrons. The standard InChI is InChI=1S/C13H12ClFN2OS/c1-2-3-11-13(19-17-16-11)12(18)6-8-4-5-9(14)7-10(8)15/h4-5,7H,2-3,6H2,1H3. The summed E-state index contributed by atoms with van der Waals surface area (Å²) in [5.41, 5.74) is 1.04. The number of halogens is 2. The molecule has 0 fully saturated rings. The van der Waals surface area contributed by atoms with Gasteiger partial charge in [0, 0.05) is 11.4 Å². The zero-order valence-corrected chi connectivity index (χ0v) is 11.9. The minimum absolute atomic E-state index is 0.00356. The fourth-order valence-corrected chi connectivity index (χ4v) is 2.54. The lowest BCUT2D eigenvalue weighted by atomic mass is 10.1. The van der Waals surface area contributed by atoms with E-state index in [0.717, 1.165) is 18.0 Å². The summed E-state index contributed by atoms with van der Waals surface area (Å²) in [4.78, 5) is 12.7. The average Bonchev–Trinajstić information content (AvgIpc) is 2.81. The summed E-state index contributed by atoms with van der Waals surface area (Å²) in [7, 11) is 0. The molecule has 1 heterocycles. The molecule has 19 heavy (non-hydrogen) atoms. The molecule has 0 bridgehead atoms. The third-order valence-electron chi connectivity index (χ3n) is 2.66. The van der Waals surface area contributed by atoms with E-state index in [2.05, 4.69) is 9.59 Å². The quantitative estimate of drug-likeness (QED) is 0.790. The van der Waals surface area contributed by atoms with Gasteiger partial charge in [0.1, 0.15) is 10.7 Å². The van der Waals surface area contributed by atoms with Gasteiger partial charge in [-0.15, -0.1) is 5.10 Å². The Bertz CT molecular complexity index is 600. The molecule has 0 saturated heterocycles. The second-order valence-electron chi connectivity index (χ2n) is 4.13. The van der Waals surface area contributed by atoms with Crippen molar-refractivity contribution in [1.29, 1.82) is 0 Å². The average molecular weight is 299 g/mol. The summed E-state index contributed by atoms with van der Waals surface area (Å²) >= 11 is 6.74. The zero-order valence-electron chi connectivity index (χ0n) is 10.3. The summed E-state index contributed by atoms with van der Waals surface area (Å²) in [6.07, 6.45) is 1.60. The molecule has 1 aromatic heterocycles. The van der Waals surface area contributed by atoms with E-state index in [1.807, 2.05) is 6.92 Å². The van der Waals surface area contributed by atoms with Gasteiger partial charge < -0.3 is 0 Å². The summed E-state index contributed by atoms with van der Waals surface area (Å²) in [6.45, 7) is 2.01. The molecule has 2 aromatic rings. The molecule has 0 radical (unpaired) electrons. The van der Waals surface area contributed by atoms with E-state index in [4.69, 9.17) is 11.6 Å². The van der Waals surface area contributed by atoms with Crippen LogP contribution in [0.3, 0.4) is 0 Å². The monoisotopic (exact) mass is 298 g/mol. The molecule has 1 aromatic carbocycles. The fourth-order valence-electron chi connectivity index (χ4n) is 1.74. The topological polar surface area (TPSA) is 42.9 Å². The van der Waals surface area contributed by atoms with Crippen molar-refractivity contribution >= 4 is 28.9 Å². The third-order valence-corrected chi connectivity index (χ3v) is 3.71. The van der Waals surface area contributed by atoms with Gasteiger partial charge in [0.15, 0.2) is 5.78 Å². The van der Waals surface area contributed by atoms with Crippen LogP contribution in [0, 0.1) is 5.82 Å². The molecule has 0 aliphatic carbocycles. The first-order chi connectivity index (χ1) is 9.11. The van der Waals surface area contributed by atoms with Gasteiger partial charge in [-0.05, 0) is 35.6 Å². The first kappa shape index (κ1) is 14.1. The van der Waals surface area contributed by atoms with Crippen LogP contribution in [-0.2, 0) is 12.8 Å². The van der Waals surface area contributed by atoms with E-state index in [1.54, 1.807) is 6.07 Å². The Hall–Kier alpha value is -1.33. The van der Waals surface area contributed by atoms with Gasteiger partial charge >= 0.3 is 0 Å². The summed E-state index contributed by atoms with van der Waals surface area (Å²) in [5, 5.41) is 4.26. The Labute approximate surface area is 119 Å². The van der Waals surface area contributed by atoms with E-state index in [1.165, 1.54) is 12.1 Å². The number of aromatic nitrogens is 2. The van der Waals surface area contributed by atoms with Crippen LogP contribution in [0.2, 0.25) is 5.02 Å². The van der Waals surface area contributed by atoms with Crippen molar-refractivity contribution in [3.8, 4) is 0 Å². The van der Waals surface area contributed by atoms with Crippen LogP contribution in [0.25, 0.3) is 0 Å². The predicted octanol–water partition coefficient (Wildman–Crippen LogP) is 3.71. The van der Waals surface area contributed by atoms with Crippen molar-refractivity contribution in [3.05, 3.63) is 45.2 Å². The molecule has 0 aliphatic heterocycles. The Morgan fingerprint density at radius 3 is 2.95 bits per heavy atom. The van der Waals surface area contributed by atoms with Crippen LogP contribution in [0.1, 0.15) is 34.3 Å². The van der Waals surface area contributed by atoms with Gasteiger partial charge in [-0.25, -0.2) is 4.39 Å². The smallest absolute Gasteiger partial charge is 0.180 e. The third kappa shape index (κ3) is 3.36. The molecule has 0 atom stereocenters. The molecular formula is C13H12ClFN2OS. The molecule has 0 unspecified atom stereocenters. The Balaban J connectivity index is 2.18. The maximum atomic E-state index is 13.6. The molecule has 6 heteroatoms. The van der Waals surface area contributed by atoms with Crippen LogP contribution in [0.4, 0.5) is 4.39 Å². The van der Waals surface area contributed by atoms with E-state index < -0.39 is 5.82 Å². The first-order valence-corrected chi connectivity index (χ1v) is 7.05. The maximum absolute atomic E-state index is 13.6. The molecular weight excluding hydrogens is 287 g/mol. The number of Topliss-reactive ketones (excluding diaryl/α,β-unsaturated/α-hetero) is 1. The zero-order chi connectivity index (χ0) is 13.8.